The van der Waals surface area contributed by atoms with E-state index in [1.165, 1.54) is 22.3 Å². The van der Waals surface area contributed by atoms with Gasteiger partial charge in [0.15, 0.2) is 23.0 Å². The summed E-state index contributed by atoms with van der Waals surface area (Å²) in [6.07, 6.45) is 6.94. The van der Waals surface area contributed by atoms with Crippen molar-refractivity contribution in [1.29, 1.82) is 0 Å². The van der Waals surface area contributed by atoms with Crippen LogP contribution in [0.3, 0.4) is 0 Å². The van der Waals surface area contributed by atoms with Gasteiger partial charge < -0.3 is 28.7 Å². The second kappa shape index (κ2) is 13.2. The first-order valence-corrected chi connectivity index (χ1v) is 16.6. The monoisotopic (exact) mass is 605 g/mol. The van der Waals surface area contributed by atoms with Crippen LogP contribution >= 0.6 is 0 Å². The fourth-order valence-corrected chi connectivity index (χ4v) is 8.58. The van der Waals surface area contributed by atoms with Crippen molar-refractivity contribution in [2.75, 3.05) is 68.2 Å². The summed E-state index contributed by atoms with van der Waals surface area (Å²) in [5, 5.41) is 0. The first-order chi connectivity index (χ1) is 21.4. The summed E-state index contributed by atoms with van der Waals surface area (Å²) in [6.45, 7) is 7.24. The predicted molar refractivity (Wildman–Crippen MR) is 172 cm³/mol. The van der Waals surface area contributed by atoms with E-state index in [9.17, 15) is 4.79 Å². The van der Waals surface area contributed by atoms with Crippen LogP contribution in [0.5, 0.6) is 23.0 Å². The highest BCUT2D eigenvalue weighted by molar-refractivity contribution is 5.80. The lowest BCUT2D eigenvalue weighted by Gasteiger charge is -2.49. The van der Waals surface area contributed by atoms with Gasteiger partial charge in [-0.1, -0.05) is 13.3 Å². The molecule has 2 aromatic carbocycles. The first-order valence-electron chi connectivity index (χ1n) is 16.6. The lowest BCUT2D eigenvalue weighted by molar-refractivity contribution is -0.140. The molecule has 4 atom stereocenters. The number of likely N-dealkylation sites (tertiary alicyclic amines) is 1. The number of fused-ring (bicyclic) bond motifs is 4. The molecule has 0 N–H and O–H groups in total. The maximum absolute atomic E-state index is 14.3. The molecule has 0 spiro atoms. The van der Waals surface area contributed by atoms with Crippen LogP contribution in [-0.2, 0) is 17.6 Å². The smallest absolute Gasteiger partial charge is 0.226 e. The van der Waals surface area contributed by atoms with Gasteiger partial charge in [-0.2, -0.15) is 0 Å². The van der Waals surface area contributed by atoms with Crippen molar-refractivity contribution in [2.24, 2.45) is 17.8 Å². The molecule has 0 radical (unpaired) electrons. The molecule has 2 fully saturated rings. The predicted octanol–water partition coefficient (Wildman–Crippen LogP) is 5.52. The van der Waals surface area contributed by atoms with Crippen LogP contribution in [-0.4, -0.2) is 88.8 Å². The molecular weight excluding hydrogens is 554 g/mol. The molecule has 0 aliphatic carbocycles. The van der Waals surface area contributed by atoms with E-state index in [1.54, 1.807) is 28.4 Å². The molecule has 4 aliphatic rings. The van der Waals surface area contributed by atoms with Gasteiger partial charge in [0.25, 0.3) is 0 Å². The van der Waals surface area contributed by atoms with E-state index in [1.807, 2.05) is 0 Å². The zero-order chi connectivity index (χ0) is 31.0. The summed E-state index contributed by atoms with van der Waals surface area (Å²) >= 11 is 0. The second-order valence-corrected chi connectivity index (χ2v) is 13.3. The molecule has 0 bridgehead atoms. The van der Waals surface area contributed by atoms with Gasteiger partial charge in [0.05, 0.1) is 34.5 Å². The van der Waals surface area contributed by atoms with Crippen LogP contribution in [0.1, 0.15) is 73.4 Å². The van der Waals surface area contributed by atoms with Gasteiger partial charge in [-0.05, 0) is 117 Å². The van der Waals surface area contributed by atoms with Crippen molar-refractivity contribution in [3.63, 3.8) is 0 Å². The van der Waals surface area contributed by atoms with Gasteiger partial charge in [0, 0.05) is 31.6 Å². The molecule has 0 unspecified atom stereocenters. The average Bonchev–Trinajstić information content (AvgIpc) is 3.06. The molecule has 8 nitrogen and oxygen atoms in total. The van der Waals surface area contributed by atoms with E-state index in [0.29, 0.717) is 23.8 Å². The molecule has 0 aromatic heterocycles. The van der Waals surface area contributed by atoms with Gasteiger partial charge in [-0.3, -0.25) is 9.69 Å². The third kappa shape index (κ3) is 5.76. The van der Waals surface area contributed by atoms with Gasteiger partial charge in [0.1, 0.15) is 0 Å². The Balaban J connectivity index is 1.34. The average molecular weight is 606 g/mol. The quantitative estimate of drug-likeness (QED) is 0.393. The molecule has 8 heteroatoms. The van der Waals surface area contributed by atoms with Gasteiger partial charge in [-0.25, -0.2) is 0 Å². The Morgan fingerprint density at radius 2 is 1.34 bits per heavy atom. The molecule has 4 heterocycles. The highest BCUT2D eigenvalue weighted by Gasteiger charge is 2.43. The van der Waals surface area contributed by atoms with Gasteiger partial charge in [-0.15, -0.1) is 0 Å². The number of amides is 1. The Morgan fingerprint density at radius 3 is 1.95 bits per heavy atom. The third-order valence-electron chi connectivity index (χ3n) is 11.2. The fourth-order valence-electron chi connectivity index (χ4n) is 8.58. The van der Waals surface area contributed by atoms with Crippen LogP contribution in [0.4, 0.5) is 0 Å². The van der Waals surface area contributed by atoms with Crippen molar-refractivity contribution in [2.45, 2.75) is 64.0 Å². The number of carbonyl (C=O) groups excluding carboxylic acids is 1. The van der Waals surface area contributed by atoms with E-state index in [4.69, 9.17) is 18.9 Å². The Kier molecular flexibility index (Phi) is 9.29. The topological polar surface area (TPSA) is 63.7 Å². The number of rotatable bonds is 8. The van der Waals surface area contributed by atoms with Crippen molar-refractivity contribution < 1.29 is 23.7 Å². The molecular formula is C36H51N3O5. The summed E-state index contributed by atoms with van der Waals surface area (Å²) < 4.78 is 22.9. The number of hydrogen-bond acceptors (Lipinski definition) is 7. The zero-order valence-corrected chi connectivity index (χ0v) is 27.6. The summed E-state index contributed by atoms with van der Waals surface area (Å²) in [6, 6.07) is 9.09. The maximum Gasteiger partial charge on any atom is 0.226 e. The standard InChI is InChI=1S/C36H51N3O5/c1-7-23-22-38-14-10-25-18-32(41-3)34(43-5)20-28(25)30(38)16-27(23)17-31-29-21-35(44-6)33(42-4)19-26(29)11-15-39(31)36(40)24-8-12-37(2)13-9-24/h18-21,23-24,27,30-31H,7-17,22H2,1-6H3/t23-,27+,30-,31+/m0/s1. The summed E-state index contributed by atoms with van der Waals surface area (Å²) in [5.41, 5.74) is 5.27. The fraction of sp³-hybridized carbons (Fsp3) is 0.639. The number of benzene rings is 2. The second-order valence-electron chi connectivity index (χ2n) is 13.3. The van der Waals surface area contributed by atoms with Crippen LogP contribution in [0.25, 0.3) is 0 Å². The van der Waals surface area contributed by atoms with E-state index in [-0.39, 0.29) is 12.0 Å². The van der Waals surface area contributed by atoms with Crippen LogP contribution < -0.4 is 18.9 Å². The van der Waals surface area contributed by atoms with E-state index in [0.717, 1.165) is 101 Å². The van der Waals surface area contributed by atoms with Crippen molar-refractivity contribution in [1.82, 2.24) is 14.7 Å². The number of methoxy groups -OCH3 is 4. The number of carbonyl (C=O) groups is 1. The normalized spacial score (nSPS) is 25.9. The summed E-state index contributed by atoms with van der Waals surface area (Å²) in [5.74, 6) is 4.64. The molecule has 2 aromatic rings. The van der Waals surface area contributed by atoms with E-state index in [2.05, 4.69) is 52.9 Å². The van der Waals surface area contributed by atoms with Crippen LogP contribution in [0.15, 0.2) is 24.3 Å². The highest BCUT2D eigenvalue weighted by atomic mass is 16.5. The van der Waals surface area contributed by atoms with E-state index < -0.39 is 0 Å². The number of ether oxygens (including phenoxy) is 4. The Morgan fingerprint density at radius 1 is 0.773 bits per heavy atom. The minimum Gasteiger partial charge on any atom is -0.493 e. The lowest BCUT2D eigenvalue weighted by atomic mass is 9.72. The van der Waals surface area contributed by atoms with Crippen molar-refractivity contribution in [3.05, 3.63) is 46.5 Å². The third-order valence-corrected chi connectivity index (χ3v) is 11.2. The van der Waals surface area contributed by atoms with Crippen LogP contribution in [0, 0.1) is 17.8 Å². The highest BCUT2D eigenvalue weighted by Crippen LogP contribution is 2.49. The largest absolute Gasteiger partial charge is 0.493 e. The van der Waals surface area contributed by atoms with Crippen molar-refractivity contribution in [3.8, 4) is 23.0 Å². The molecule has 2 saturated heterocycles. The van der Waals surface area contributed by atoms with Crippen LogP contribution in [0.2, 0.25) is 0 Å². The van der Waals surface area contributed by atoms with Gasteiger partial charge >= 0.3 is 0 Å². The number of nitrogens with zero attached hydrogens (tertiary/aromatic N) is 3. The Hall–Kier alpha value is -2.97. The zero-order valence-electron chi connectivity index (χ0n) is 27.6. The van der Waals surface area contributed by atoms with Crippen molar-refractivity contribution >= 4 is 5.91 Å². The Bertz CT molecular complexity index is 1340. The molecule has 0 saturated carbocycles. The number of hydrogen-bond donors (Lipinski definition) is 0. The molecule has 6 rings (SSSR count). The summed E-state index contributed by atoms with van der Waals surface area (Å²) in [4.78, 5) is 21.6. The molecule has 240 valence electrons. The molecule has 4 aliphatic heterocycles. The first kappa shape index (κ1) is 31.0. The van der Waals surface area contributed by atoms with Gasteiger partial charge in [0.2, 0.25) is 5.91 Å². The summed E-state index contributed by atoms with van der Waals surface area (Å²) in [7, 11) is 9.00. The minimum atomic E-state index is 0.0322. The minimum absolute atomic E-state index is 0.0322. The molecule has 1 amide bonds. The Labute approximate surface area is 263 Å². The maximum atomic E-state index is 14.3. The SMILES string of the molecule is CC[C@H]1CN2CCc3cc(OC)c(OC)cc3[C@@H]2C[C@@H]1C[C@@H]1c2cc(OC)c(OC)cc2CCN1C(=O)C1CCN(C)CC1. The molecule has 44 heavy (non-hydrogen) atoms. The lowest BCUT2D eigenvalue weighted by Crippen LogP contribution is -2.49. The van der Waals surface area contributed by atoms with E-state index >= 15 is 0 Å². The number of piperidine rings is 2.